The lowest BCUT2D eigenvalue weighted by Crippen LogP contribution is -2.17. The number of hydrogen-bond acceptors (Lipinski definition) is 7. The van der Waals surface area contributed by atoms with Crippen LogP contribution in [-0.2, 0) is 11.3 Å². The number of hydrogen-bond donors (Lipinski definition) is 2. The Balaban J connectivity index is 1.87. The number of ketones is 1. The van der Waals surface area contributed by atoms with Crippen molar-refractivity contribution in [3.05, 3.63) is 41.5 Å². The highest BCUT2D eigenvalue weighted by Crippen LogP contribution is 2.30. The molecule has 0 radical (unpaired) electrons. The molecule has 7 nitrogen and oxygen atoms in total. The molecule has 148 valence electrons. The summed E-state index contributed by atoms with van der Waals surface area (Å²) in [5.74, 6) is 0.402. The maximum Gasteiger partial charge on any atom is 0.228 e. The molecule has 1 aliphatic carbocycles. The summed E-state index contributed by atoms with van der Waals surface area (Å²) in [5, 5.41) is 6.26. The van der Waals surface area contributed by atoms with E-state index < -0.39 is 11.6 Å². The van der Waals surface area contributed by atoms with Crippen LogP contribution < -0.4 is 15.4 Å². The third-order valence-electron chi connectivity index (χ3n) is 4.27. The Morgan fingerprint density at radius 2 is 1.82 bits per heavy atom. The second kappa shape index (κ2) is 8.77. The van der Waals surface area contributed by atoms with Crippen molar-refractivity contribution < 1.29 is 13.9 Å². The van der Waals surface area contributed by atoms with E-state index in [-0.39, 0.29) is 23.9 Å². The Morgan fingerprint density at radius 1 is 1.11 bits per heavy atom. The highest BCUT2D eigenvalue weighted by atomic mass is 19.1. The number of carbonyl (C=O) groups excluding carboxylic acids is 1. The van der Waals surface area contributed by atoms with Crippen LogP contribution in [0.3, 0.4) is 0 Å². The lowest BCUT2D eigenvalue weighted by Gasteiger charge is -2.16. The molecule has 0 bridgehead atoms. The highest BCUT2D eigenvalue weighted by Gasteiger charge is 2.24. The van der Waals surface area contributed by atoms with Crippen LogP contribution in [0.2, 0.25) is 0 Å². The van der Waals surface area contributed by atoms with Gasteiger partial charge < -0.3 is 15.4 Å². The minimum atomic E-state index is -0.742. The number of carbonyl (C=O) groups is 1. The lowest BCUT2D eigenvalue weighted by molar-refractivity contribution is -0.117. The SMILES string of the molecule is COc1ccc(CNc2nc(NC(C)C)nc(C3=C(F)C(=O)CCC3)n2)cc1. The van der Waals surface area contributed by atoms with E-state index in [4.69, 9.17) is 4.74 Å². The molecule has 0 saturated carbocycles. The minimum Gasteiger partial charge on any atom is -0.497 e. The topological polar surface area (TPSA) is 89.0 Å². The quantitative estimate of drug-likeness (QED) is 0.750. The first-order valence-electron chi connectivity index (χ1n) is 9.28. The summed E-state index contributed by atoms with van der Waals surface area (Å²) in [6.45, 7) is 4.39. The molecular weight excluding hydrogens is 361 g/mol. The average Bonchev–Trinajstić information content (AvgIpc) is 2.68. The Hall–Kier alpha value is -3.03. The average molecular weight is 385 g/mol. The molecule has 1 aromatic carbocycles. The molecule has 2 N–H and O–H groups in total. The minimum absolute atomic E-state index is 0.0940. The molecule has 0 spiro atoms. The van der Waals surface area contributed by atoms with Gasteiger partial charge in [-0.3, -0.25) is 4.79 Å². The van der Waals surface area contributed by atoms with Crippen molar-refractivity contribution in [2.45, 2.75) is 45.7 Å². The van der Waals surface area contributed by atoms with Gasteiger partial charge in [-0.05, 0) is 44.4 Å². The van der Waals surface area contributed by atoms with Crippen LogP contribution in [0.25, 0.3) is 5.57 Å². The van der Waals surface area contributed by atoms with Crippen molar-refractivity contribution in [2.75, 3.05) is 17.7 Å². The lowest BCUT2D eigenvalue weighted by atomic mass is 9.97. The molecule has 1 aliphatic rings. The van der Waals surface area contributed by atoms with Gasteiger partial charge in [0.25, 0.3) is 0 Å². The van der Waals surface area contributed by atoms with E-state index >= 15 is 0 Å². The van der Waals surface area contributed by atoms with Crippen molar-refractivity contribution in [1.29, 1.82) is 0 Å². The fourth-order valence-corrected chi connectivity index (χ4v) is 2.86. The predicted octanol–water partition coefficient (Wildman–Crippen LogP) is 3.75. The maximum absolute atomic E-state index is 14.4. The number of aromatic nitrogens is 3. The first-order chi connectivity index (χ1) is 13.5. The van der Waals surface area contributed by atoms with E-state index in [1.807, 2.05) is 38.1 Å². The van der Waals surface area contributed by atoms with E-state index in [9.17, 15) is 9.18 Å². The van der Waals surface area contributed by atoms with Crippen molar-refractivity contribution >= 4 is 23.3 Å². The number of rotatable bonds is 7. The summed E-state index contributed by atoms with van der Waals surface area (Å²) in [6, 6.07) is 7.70. The van der Waals surface area contributed by atoms with Gasteiger partial charge in [-0.1, -0.05) is 12.1 Å². The number of benzene rings is 1. The van der Waals surface area contributed by atoms with Crippen LogP contribution in [0.4, 0.5) is 16.3 Å². The molecule has 0 atom stereocenters. The maximum atomic E-state index is 14.4. The van der Waals surface area contributed by atoms with Gasteiger partial charge in [0.2, 0.25) is 11.9 Å². The molecule has 8 heteroatoms. The zero-order valence-electron chi connectivity index (χ0n) is 16.3. The van der Waals surface area contributed by atoms with Crippen LogP contribution in [0.1, 0.15) is 44.5 Å². The Kier molecular flexibility index (Phi) is 6.18. The molecule has 0 saturated heterocycles. The number of nitrogens with zero attached hydrogens (tertiary/aromatic N) is 3. The fourth-order valence-electron chi connectivity index (χ4n) is 2.86. The zero-order chi connectivity index (χ0) is 20.1. The Labute approximate surface area is 163 Å². The normalized spacial score (nSPS) is 14.4. The number of allylic oxidation sites excluding steroid dienone is 2. The molecule has 2 aromatic rings. The Bertz CT molecular complexity index is 881. The molecule has 0 aliphatic heterocycles. The number of halogens is 1. The largest absolute Gasteiger partial charge is 0.497 e. The first kappa shape index (κ1) is 19.7. The molecule has 3 rings (SSSR count). The van der Waals surface area contributed by atoms with Crippen LogP contribution in [0.5, 0.6) is 5.75 Å². The molecular formula is C20H24FN5O2. The monoisotopic (exact) mass is 385 g/mol. The third-order valence-corrected chi connectivity index (χ3v) is 4.27. The van der Waals surface area contributed by atoms with E-state index in [0.29, 0.717) is 31.3 Å². The van der Waals surface area contributed by atoms with Crippen LogP contribution in [0.15, 0.2) is 30.1 Å². The van der Waals surface area contributed by atoms with E-state index in [2.05, 4.69) is 25.6 Å². The number of nitrogens with one attached hydrogen (secondary N) is 2. The summed E-state index contributed by atoms with van der Waals surface area (Å²) in [4.78, 5) is 24.8. The molecule has 1 aromatic heterocycles. The van der Waals surface area contributed by atoms with E-state index in [1.54, 1.807) is 7.11 Å². The van der Waals surface area contributed by atoms with Crippen molar-refractivity contribution in [1.82, 2.24) is 15.0 Å². The van der Waals surface area contributed by atoms with Crippen LogP contribution >= 0.6 is 0 Å². The summed E-state index contributed by atoms with van der Waals surface area (Å²) in [6.07, 6.45) is 1.25. The van der Waals surface area contributed by atoms with Gasteiger partial charge in [0.15, 0.2) is 17.4 Å². The summed E-state index contributed by atoms with van der Waals surface area (Å²) in [5.41, 5.74) is 1.26. The first-order valence-corrected chi connectivity index (χ1v) is 9.28. The molecule has 1 heterocycles. The summed E-state index contributed by atoms with van der Waals surface area (Å²) in [7, 11) is 1.62. The van der Waals surface area contributed by atoms with Gasteiger partial charge in [-0.15, -0.1) is 0 Å². The van der Waals surface area contributed by atoms with Crippen molar-refractivity contribution in [3.63, 3.8) is 0 Å². The number of methoxy groups -OCH3 is 1. The van der Waals surface area contributed by atoms with Gasteiger partial charge >= 0.3 is 0 Å². The van der Waals surface area contributed by atoms with Gasteiger partial charge in [0.1, 0.15) is 5.75 Å². The zero-order valence-corrected chi connectivity index (χ0v) is 16.3. The molecule has 0 unspecified atom stereocenters. The number of anilines is 2. The van der Waals surface area contributed by atoms with Gasteiger partial charge in [0.05, 0.1) is 7.11 Å². The third kappa shape index (κ3) is 4.82. The molecule has 0 amide bonds. The fraction of sp³-hybridized carbons (Fsp3) is 0.400. The summed E-state index contributed by atoms with van der Waals surface area (Å²) < 4.78 is 19.5. The van der Waals surface area contributed by atoms with Gasteiger partial charge in [-0.25, -0.2) is 4.39 Å². The number of ether oxygens (including phenoxy) is 1. The van der Waals surface area contributed by atoms with Gasteiger partial charge in [-0.2, -0.15) is 15.0 Å². The van der Waals surface area contributed by atoms with Crippen molar-refractivity contribution in [2.24, 2.45) is 0 Å². The van der Waals surface area contributed by atoms with E-state index in [1.165, 1.54) is 0 Å². The Morgan fingerprint density at radius 3 is 2.50 bits per heavy atom. The summed E-state index contributed by atoms with van der Waals surface area (Å²) >= 11 is 0. The van der Waals surface area contributed by atoms with E-state index in [0.717, 1.165) is 11.3 Å². The molecule has 28 heavy (non-hydrogen) atoms. The molecule has 0 fully saturated rings. The smallest absolute Gasteiger partial charge is 0.228 e. The second-order valence-electron chi connectivity index (χ2n) is 6.88. The predicted molar refractivity (Wildman–Crippen MR) is 106 cm³/mol. The van der Waals surface area contributed by atoms with Crippen molar-refractivity contribution in [3.8, 4) is 5.75 Å². The van der Waals surface area contributed by atoms with Crippen LogP contribution in [0, 0.1) is 0 Å². The van der Waals surface area contributed by atoms with Crippen LogP contribution in [-0.4, -0.2) is 33.9 Å². The highest BCUT2D eigenvalue weighted by molar-refractivity contribution is 6.01. The standard InChI is InChI=1S/C20H24FN5O2/c1-12(2)23-20-25-18(15-5-4-6-16(27)17(15)21)24-19(26-20)22-11-13-7-9-14(28-3)10-8-13/h7-10,12H,4-6,11H2,1-3H3,(H2,22,23,24,25,26). The number of Topliss-reactive ketones (excluding diaryl/α,β-unsaturated/α-hetero) is 1. The van der Waals surface area contributed by atoms with Gasteiger partial charge in [0, 0.05) is 24.6 Å². The second-order valence-corrected chi connectivity index (χ2v) is 6.88.